The largest absolute Gasteiger partial charge is 0.303 e. The van der Waals surface area contributed by atoms with Gasteiger partial charge >= 0.3 is 0 Å². The van der Waals surface area contributed by atoms with E-state index in [0.29, 0.717) is 32.9 Å². The summed E-state index contributed by atoms with van der Waals surface area (Å²) in [5, 5.41) is 1.40. The lowest BCUT2D eigenvalue weighted by atomic mass is 9.84. The molecule has 0 saturated carbocycles. The smallest absolute Gasteiger partial charge is 0.261 e. The first kappa shape index (κ1) is 14.5. The second-order valence-corrected chi connectivity index (χ2v) is 7.11. The Morgan fingerprint density at radius 3 is 2.77 bits per heavy atom. The van der Waals surface area contributed by atoms with Gasteiger partial charge in [-0.3, -0.25) is 9.36 Å². The van der Waals surface area contributed by atoms with Crippen LogP contribution in [0.2, 0.25) is 10.0 Å². The highest BCUT2D eigenvalue weighted by molar-refractivity contribution is 6.42. The molecule has 6 heteroatoms. The van der Waals surface area contributed by atoms with Gasteiger partial charge in [0, 0.05) is 18.5 Å². The van der Waals surface area contributed by atoms with Crippen molar-refractivity contribution in [2.24, 2.45) is 0 Å². The van der Waals surface area contributed by atoms with Crippen molar-refractivity contribution < 1.29 is 0 Å². The Labute approximate surface area is 138 Å². The van der Waals surface area contributed by atoms with Crippen LogP contribution in [-0.2, 0) is 6.54 Å². The predicted molar refractivity (Wildman–Crippen MR) is 89.0 cm³/mol. The SMILES string of the molecule is CN1CCC[C@H]2c3nc4cc(Cl)c(Cl)cc4c(=O)n3CC[C@H]21. The van der Waals surface area contributed by atoms with Crippen molar-refractivity contribution in [2.45, 2.75) is 37.8 Å². The zero-order valence-corrected chi connectivity index (χ0v) is 13.9. The number of fused-ring (bicyclic) bond motifs is 4. The summed E-state index contributed by atoms with van der Waals surface area (Å²) in [6, 6.07) is 3.83. The number of likely N-dealkylation sites (tertiary alicyclic amines) is 1. The van der Waals surface area contributed by atoms with Crippen LogP contribution in [0.5, 0.6) is 0 Å². The molecule has 3 heterocycles. The first-order chi connectivity index (χ1) is 10.6. The van der Waals surface area contributed by atoms with Crippen LogP contribution in [-0.4, -0.2) is 34.1 Å². The Balaban J connectivity index is 1.95. The van der Waals surface area contributed by atoms with Crippen LogP contribution >= 0.6 is 23.2 Å². The fourth-order valence-corrected chi connectivity index (χ4v) is 4.26. The maximum Gasteiger partial charge on any atom is 0.261 e. The second-order valence-electron chi connectivity index (χ2n) is 6.30. The van der Waals surface area contributed by atoms with Crippen LogP contribution in [0.15, 0.2) is 16.9 Å². The Morgan fingerprint density at radius 2 is 1.95 bits per heavy atom. The third-order valence-electron chi connectivity index (χ3n) is 5.06. The molecule has 2 atom stereocenters. The molecule has 4 rings (SSSR count). The maximum absolute atomic E-state index is 12.8. The first-order valence-electron chi connectivity index (χ1n) is 7.66. The third-order valence-corrected chi connectivity index (χ3v) is 5.78. The Bertz CT molecular complexity index is 817. The van der Waals surface area contributed by atoms with Gasteiger partial charge in [-0.05, 0) is 45.0 Å². The summed E-state index contributed by atoms with van der Waals surface area (Å²) < 4.78 is 1.84. The fourth-order valence-electron chi connectivity index (χ4n) is 3.94. The zero-order valence-electron chi connectivity index (χ0n) is 12.4. The normalized spacial score (nSPS) is 25.0. The van der Waals surface area contributed by atoms with Gasteiger partial charge in [0.05, 0.1) is 20.9 Å². The topological polar surface area (TPSA) is 38.1 Å². The van der Waals surface area contributed by atoms with E-state index in [-0.39, 0.29) is 5.56 Å². The standard InChI is InChI=1S/C16H17Cl2N3O/c1-20-5-2-3-9-14(20)4-6-21-15(9)19-13-8-12(18)11(17)7-10(13)16(21)22/h7-9,14H,2-6H2,1H3/t9-,14-/m1/s1. The molecule has 0 radical (unpaired) electrons. The lowest BCUT2D eigenvalue weighted by molar-refractivity contribution is 0.123. The fraction of sp³-hybridized carbons (Fsp3) is 0.500. The van der Waals surface area contributed by atoms with Crippen molar-refractivity contribution in [1.82, 2.24) is 14.5 Å². The van der Waals surface area contributed by atoms with Crippen LogP contribution in [0.1, 0.15) is 31.0 Å². The molecule has 0 spiro atoms. The summed E-state index contributed by atoms with van der Waals surface area (Å²) >= 11 is 12.2. The van der Waals surface area contributed by atoms with E-state index in [2.05, 4.69) is 11.9 Å². The molecule has 1 aromatic heterocycles. The molecule has 0 aliphatic carbocycles. The summed E-state index contributed by atoms with van der Waals surface area (Å²) in [4.78, 5) is 20.0. The van der Waals surface area contributed by atoms with Crippen LogP contribution in [0.3, 0.4) is 0 Å². The Hall–Kier alpha value is -1.10. The molecule has 2 aliphatic heterocycles. The van der Waals surface area contributed by atoms with E-state index in [4.69, 9.17) is 28.2 Å². The molecule has 1 fully saturated rings. The summed E-state index contributed by atoms with van der Waals surface area (Å²) in [6.07, 6.45) is 3.24. The molecule has 1 aromatic carbocycles. The van der Waals surface area contributed by atoms with Gasteiger partial charge in [-0.2, -0.15) is 0 Å². The van der Waals surface area contributed by atoms with Crippen LogP contribution < -0.4 is 5.56 Å². The van der Waals surface area contributed by atoms with Crippen molar-refractivity contribution in [3.8, 4) is 0 Å². The van der Waals surface area contributed by atoms with E-state index in [1.165, 1.54) is 0 Å². The van der Waals surface area contributed by atoms with Crippen molar-refractivity contribution in [3.05, 3.63) is 38.4 Å². The third kappa shape index (κ3) is 2.08. The highest BCUT2D eigenvalue weighted by Crippen LogP contribution is 2.36. The van der Waals surface area contributed by atoms with Crippen LogP contribution in [0, 0.1) is 0 Å². The van der Waals surface area contributed by atoms with Gasteiger partial charge < -0.3 is 4.90 Å². The van der Waals surface area contributed by atoms with Gasteiger partial charge in [0.15, 0.2) is 0 Å². The van der Waals surface area contributed by atoms with E-state index in [1.807, 2.05) is 4.57 Å². The van der Waals surface area contributed by atoms with Crippen molar-refractivity contribution >= 4 is 34.1 Å². The molecular weight excluding hydrogens is 321 g/mol. The van der Waals surface area contributed by atoms with E-state index in [1.54, 1.807) is 12.1 Å². The van der Waals surface area contributed by atoms with Crippen molar-refractivity contribution in [1.29, 1.82) is 0 Å². The van der Waals surface area contributed by atoms with E-state index in [0.717, 1.165) is 38.2 Å². The summed E-state index contributed by atoms with van der Waals surface area (Å²) in [5.41, 5.74) is 0.657. The molecule has 1 saturated heterocycles. The van der Waals surface area contributed by atoms with Gasteiger partial charge in [0.25, 0.3) is 5.56 Å². The monoisotopic (exact) mass is 337 g/mol. The average molecular weight is 338 g/mol. The number of likely N-dealkylation sites (N-methyl/N-ethyl adjacent to an activating group) is 1. The number of hydrogen-bond acceptors (Lipinski definition) is 3. The molecule has 4 nitrogen and oxygen atoms in total. The number of aromatic nitrogens is 2. The van der Waals surface area contributed by atoms with Gasteiger partial charge in [-0.15, -0.1) is 0 Å². The van der Waals surface area contributed by atoms with E-state index < -0.39 is 0 Å². The molecule has 0 amide bonds. The maximum atomic E-state index is 12.8. The molecule has 0 unspecified atom stereocenters. The Morgan fingerprint density at radius 1 is 1.18 bits per heavy atom. The molecule has 116 valence electrons. The first-order valence-corrected chi connectivity index (χ1v) is 8.41. The van der Waals surface area contributed by atoms with Gasteiger partial charge in [0.1, 0.15) is 5.82 Å². The van der Waals surface area contributed by atoms with Crippen LogP contribution in [0.25, 0.3) is 10.9 Å². The summed E-state index contributed by atoms with van der Waals surface area (Å²) in [6.45, 7) is 1.85. The Kier molecular flexibility index (Phi) is 3.44. The van der Waals surface area contributed by atoms with E-state index in [9.17, 15) is 4.79 Å². The lowest BCUT2D eigenvalue weighted by Gasteiger charge is -2.42. The lowest BCUT2D eigenvalue weighted by Crippen LogP contribution is -2.47. The van der Waals surface area contributed by atoms with Gasteiger partial charge in [0.2, 0.25) is 0 Å². The van der Waals surface area contributed by atoms with Crippen LogP contribution in [0.4, 0.5) is 0 Å². The molecule has 22 heavy (non-hydrogen) atoms. The summed E-state index contributed by atoms with van der Waals surface area (Å²) in [7, 11) is 2.17. The van der Waals surface area contributed by atoms with Crippen molar-refractivity contribution in [3.63, 3.8) is 0 Å². The van der Waals surface area contributed by atoms with E-state index >= 15 is 0 Å². The highest BCUT2D eigenvalue weighted by atomic mass is 35.5. The number of hydrogen-bond donors (Lipinski definition) is 0. The zero-order chi connectivity index (χ0) is 15.4. The molecule has 2 aliphatic rings. The average Bonchev–Trinajstić information content (AvgIpc) is 2.50. The van der Waals surface area contributed by atoms with Gasteiger partial charge in [-0.1, -0.05) is 23.2 Å². The minimum atomic E-state index is 0.00485. The summed E-state index contributed by atoms with van der Waals surface area (Å²) in [5.74, 6) is 1.25. The minimum absolute atomic E-state index is 0.00485. The number of rotatable bonds is 0. The molecule has 0 bridgehead atoms. The molecular formula is C16H17Cl2N3O. The van der Waals surface area contributed by atoms with Gasteiger partial charge in [-0.25, -0.2) is 4.98 Å². The minimum Gasteiger partial charge on any atom is -0.303 e. The number of halogens is 2. The highest BCUT2D eigenvalue weighted by Gasteiger charge is 2.36. The number of benzene rings is 1. The molecule has 0 N–H and O–H groups in total. The number of nitrogens with zero attached hydrogens (tertiary/aromatic N) is 3. The quantitative estimate of drug-likeness (QED) is 0.740. The predicted octanol–water partition coefficient (Wildman–Crippen LogP) is 3.28. The second kappa shape index (κ2) is 5.22. The number of piperidine rings is 1. The van der Waals surface area contributed by atoms with Crippen molar-refractivity contribution in [2.75, 3.05) is 13.6 Å². The molecule has 2 aromatic rings.